The molecule has 1 aliphatic carbocycles. The van der Waals surface area contributed by atoms with E-state index in [0.717, 1.165) is 25.1 Å². The normalized spacial score (nSPS) is 16.4. The van der Waals surface area contributed by atoms with Gasteiger partial charge in [0.15, 0.2) is 0 Å². The fourth-order valence-electron chi connectivity index (χ4n) is 2.51. The number of amides is 1. The van der Waals surface area contributed by atoms with Gasteiger partial charge in [-0.05, 0) is 31.4 Å². The third-order valence-electron chi connectivity index (χ3n) is 3.65. The quantitative estimate of drug-likeness (QED) is 0.445. The van der Waals surface area contributed by atoms with Gasteiger partial charge in [-0.2, -0.15) is 0 Å². The van der Waals surface area contributed by atoms with Crippen LogP contribution in [-0.2, 0) is 4.79 Å². The van der Waals surface area contributed by atoms with Gasteiger partial charge >= 0.3 is 0 Å². The molecule has 4 heteroatoms. The van der Waals surface area contributed by atoms with Crippen molar-refractivity contribution >= 4 is 5.91 Å². The Balaban J connectivity index is 2.11. The second kappa shape index (κ2) is 6.68. The van der Waals surface area contributed by atoms with Gasteiger partial charge in [-0.15, -0.1) is 0 Å². The third kappa shape index (κ3) is 3.78. The maximum atomic E-state index is 12.0. The van der Waals surface area contributed by atoms with Crippen LogP contribution >= 0.6 is 0 Å². The van der Waals surface area contributed by atoms with Crippen molar-refractivity contribution in [1.29, 1.82) is 0 Å². The van der Waals surface area contributed by atoms with E-state index in [2.05, 4.69) is 17.2 Å². The lowest BCUT2D eigenvalue weighted by molar-refractivity contribution is -0.123. The van der Waals surface area contributed by atoms with Gasteiger partial charge in [-0.25, -0.2) is 5.84 Å². The molecule has 1 amide bonds. The zero-order chi connectivity index (χ0) is 13.7. The Bertz CT molecular complexity index is 403. The SMILES string of the molecule is CCCN(CC(C(=O)NN)c1ccccc1)C1CC1. The van der Waals surface area contributed by atoms with Crippen molar-refractivity contribution in [3.05, 3.63) is 35.9 Å². The minimum absolute atomic E-state index is 0.104. The van der Waals surface area contributed by atoms with Crippen molar-refractivity contribution in [3.8, 4) is 0 Å². The molecule has 0 saturated heterocycles. The maximum absolute atomic E-state index is 12.0. The summed E-state index contributed by atoms with van der Waals surface area (Å²) in [5.74, 6) is 5.05. The number of hydrogen-bond acceptors (Lipinski definition) is 3. The molecule has 1 saturated carbocycles. The Morgan fingerprint density at radius 3 is 2.63 bits per heavy atom. The van der Waals surface area contributed by atoms with Crippen LogP contribution < -0.4 is 11.3 Å². The summed E-state index contributed by atoms with van der Waals surface area (Å²) in [6, 6.07) is 10.6. The van der Waals surface area contributed by atoms with Gasteiger partial charge in [0, 0.05) is 12.6 Å². The van der Waals surface area contributed by atoms with Gasteiger partial charge in [-0.1, -0.05) is 37.3 Å². The Labute approximate surface area is 114 Å². The summed E-state index contributed by atoms with van der Waals surface area (Å²) in [7, 11) is 0. The van der Waals surface area contributed by atoms with Crippen molar-refractivity contribution in [3.63, 3.8) is 0 Å². The highest BCUT2D eigenvalue weighted by Crippen LogP contribution is 2.29. The molecule has 2 rings (SSSR count). The summed E-state index contributed by atoms with van der Waals surface area (Å²) in [5, 5.41) is 0. The molecule has 104 valence electrons. The average Bonchev–Trinajstić information content (AvgIpc) is 3.28. The summed E-state index contributed by atoms with van der Waals surface area (Å²) in [4.78, 5) is 14.5. The van der Waals surface area contributed by atoms with Crippen molar-refractivity contribution in [2.24, 2.45) is 5.84 Å². The van der Waals surface area contributed by atoms with E-state index >= 15 is 0 Å². The Hall–Kier alpha value is -1.39. The number of carbonyl (C=O) groups is 1. The van der Waals surface area contributed by atoms with Crippen LogP contribution in [0.15, 0.2) is 30.3 Å². The first-order chi connectivity index (χ1) is 9.26. The smallest absolute Gasteiger partial charge is 0.242 e. The largest absolute Gasteiger partial charge is 0.299 e. The molecule has 1 atom stereocenters. The van der Waals surface area contributed by atoms with Gasteiger partial charge in [0.25, 0.3) is 0 Å². The van der Waals surface area contributed by atoms with Gasteiger partial charge in [-0.3, -0.25) is 15.1 Å². The number of hydrazine groups is 1. The highest BCUT2D eigenvalue weighted by Gasteiger charge is 2.32. The highest BCUT2D eigenvalue weighted by atomic mass is 16.2. The van der Waals surface area contributed by atoms with Crippen LogP contribution in [0.25, 0.3) is 0 Å². The molecule has 0 heterocycles. The van der Waals surface area contributed by atoms with Crippen LogP contribution in [-0.4, -0.2) is 29.9 Å². The molecule has 1 fully saturated rings. The van der Waals surface area contributed by atoms with Crippen LogP contribution in [0.1, 0.15) is 37.7 Å². The topological polar surface area (TPSA) is 58.4 Å². The molecule has 4 nitrogen and oxygen atoms in total. The predicted octanol–water partition coefficient (Wildman–Crippen LogP) is 1.63. The maximum Gasteiger partial charge on any atom is 0.242 e. The van der Waals surface area contributed by atoms with Crippen LogP contribution in [0, 0.1) is 0 Å². The number of nitrogens with two attached hydrogens (primary N) is 1. The number of benzene rings is 1. The minimum atomic E-state index is -0.182. The summed E-state index contributed by atoms with van der Waals surface area (Å²) in [6.07, 6.45) is 3.62. The van der Waals surface area contributed by atoms with Crippen LogP contribution in [0.3, 0.4) is 0 Å². The van der Waals surface area contributed by atoms with Gasteiger partial charge < -0.3 is 0 Å². The molecular formula is C15H23N3O. The summed E-state index contributed by atoms with van der Waals surface area (Å²) in [6.45, 7) is 3.98. The van der Waals surface area contributed by atoms with E-state index in [0.29, 0.717) is 6.04 Å². The van der Waals surface area contributed by atoms with Crippen LogP contribution in [0.2, 0.25) is 0 Å². The molecule has 0 bridgehead atoms. The Morgan fingerprint density at radius 1 is 1.42 bits per heavy atom. The van der Waals surface area contributed by atoms with E-state index in [1.807, 2.05) is 30.3 Å². The number of rotatable bonds is 7. The van der Waals surface area contributed by atoms with E-state index in [4.69, 9.17) is 5.84 Å². The van der Waals surface area contributed by atoms with Crippen molar-refractivity contribution in [1.82, 2.24) is 10.3 Å². The molecule has 1 unspecified atom stereocenters. The van der Waals surface area contributed by atoms with E-state index in [-0.39, 0.29) is 11.8 Å². The van der Waals surface area contributed by atoms with Crippen molar-refractivity contribution in [2.75, 3.05) is 13.1 Å². The molecule has 0 spiro atoms. The molecule has 1 aromatic rings. The third-order valence-corrected chi connectivity index (χ3v) is 3.65. The fourth-order valence-corrected chi connectivity index (χ4v) is 2.51. The lowest BCUT2D eigenvalue weighted by Crippen LogP contribution is -2.41. The molecule has 1 aliphatic rings. The Kier molecular flexibility index (Phi) is 4.93. The standard InChI is InChI=1S/C15H23N3O/c1-2-10-18(13-8-9-13)11-14(15(19)17-16)12-6-4-3-5-7-12/h3-7,13-14H,2,8-11,16H2,1H3,(H,17,19). The van der Waals surface area contributed by atoms with E-state index in [1.54, 1.807) is 0 Å². The monoisotopic (exact) mass is 261 g/mol. The first-order valence-corrected chi connectivity index (χ1v) is 7.05. The second-order valence-electron chi connectivity index (χ2n) is 5.20. The van der Waals surface area contributed by atoms with Crippen LogP contribution in [0.4, 0.5) is 0 Å². The molecule has 1 aromatic carbocycles. The van der Waals surface area contributed by atoms with Gasteiger partial charge in [0.05, 0.1) is 5.92 Å². The lowest BCUT2D eigenvalue weighted by atomic mass is 9.97. The number of nitrogens with zero attached hydrogens (tertiary/aromatic N) is 1. The first-order valence-electron chi connectivity index (χ1n) is 7.05. The second-order valence-corrected chi connectivity index (χ2v) is 5.20. The van der Waals surface area contributed by atoms with E-state index in [1.165, 1.54) is 12.8 Å². The fraction of sp³-hybridized carbons (Fsp3) is 0.533. The highest BCUT2D eigenvalue weighted by molar-refractivity contribution is 5.83. The average molecular weight is 261 g/mol. The number of nitrogens with one attached hydrogen (secondary N) is 1. The van der Waals surface area contributed by atoms with Crippen molar-refractivity contribution in [2.45, 2.75) is 38.1 Å². The Morgan fingerprint density at radius 2 is 2.11 bits per heavy atom. The zero-order valence-electron chi connectivity index (χ0n) is 11.5. The van der Waals surface area contributed by atoms with Crippen LogP contribution in [0.5, 0.6) is 0 Å². The molecule has 19 heavy (non-hydrogen) atoms. The summed E-state index contributed by atoms with van der Waals surface area (Å²) < 4.78 is 0. The van der Waals surface area contributed by atoms with Gasteiger partial charge in [0.1, 0.15) is 0 Å². The summed E-state index contributed by atoms with van der Waals surface area (Å²) >= 11 is 0. The molecule has 0 aliphatic heterocycles. The zero-order valence-corrected chi connectivity index (χ0v) is 11.5. The molecule has 3 N–H and O–H groups in total. The van der Waals surface area contributed by atoms with E-state index < -0.39 is 0 Å². The number of hydrogen-bond donors (Lipinski definition) is 2. The summed E-state index contributed by atoms with van der Waals surface area (Å²) in [5.41, 5.74) is 3.34. The molecule has 0 radical (unpaired) electrons. The first kappa shape index (κ1) is 14.0. The van der Waals surface area contributed by atoms with E-state index in [9.17, 15) is 4.79 Å². The number of carbonyl (C=O) groups excluding carboxylic acids is 1. The van der Waals surface area contributed by atoms with Gasteiger partial charge in [0.2, 0.25) is 5.91 Å². The lowest BCUT2D eigenvalue weighted by Gasteiger charge is -2.26. The predicted molar refractivity (Wildman–Crippen MR) is 76.4 cm³/mol. The minimum Gasteiger partial charge on any atom is -0.299 e. The molecular weight excluding hydrogens is 238 g/mol. The molecule has 0 aromatic heterocycles. The van der Waals surface area contributed by atoms with Crippen molar-refractivity contribution < 1.29 is 4.79 Å².